The molecule has 1 aliphatic heterocycles. The third-order valence-corrected chi connectivity index (χ3v) is 5.57. The summed E-state index contributed by atoms with van der Waals surface area (Å²) in [6.45, 7) is 5.33. The predicted molar refractivity (Wildman–Crippen MR) is 88.4 cm³/mol. The van der Waals surface area contributed by atoms with E-state index < -0.39 is 5.79 Å². The first-order valence-electron chi connectivity index (χ1n) is 7.83. The fourth-order valence-corrected chi connectivity index (χ4v) is 4.71. The highest BCUT2D eigenvalue weighted by Gasteiger charge is 2.67. The van der Waals surface area contributed by atoms with Gasteiger partial charge in [0.2, 0.25) is 0 Å². The SMILES string of the molecule is COC1(OC)CC2(CN(c3ncc(C#N)cc3Cl)[C@H]2C(C)C)C1. The number of anilines is 1. The van der Waals surface area contributed by atoms with Crippen molar-refractivity contribution in [2.45, 2.75) is 38.5 Å². The Morgan fingerprint density at radius 2 is 2.04 bits per heavy atom. The predicted octanol–water partition coefficient (Wildman–Crippen LogP) is 3.22. The molecule has 2 heterocycles. The van der Waals surface area contributed by atoms with Gasteiger partial charge in [-0.1, -0.05) is 25.4 Å². The molecule has 1 saturated heterocycles. The second-order valence-electron chi connectivity index (χ2n) is 6.99. The lowest BCUT2D eigenvalue weighted by Crippen LogP contribution is -2.76. The Kier molecular flexibility index (Phi) is 4.04. The van der Waals surface area contributed by atoms with Gasteiger partial charge in [-0.2, -0.15) is 5.26 Å². The first kappa shape index (κ1) is 16.5. The molecule has 2 aliphatic rings. The Morgan fingerprint density at radius 1 is 1.39 bits per heavy atom. The maximum Gasteiger partial charge on any atom is 0.168 e. The van der Waals surface area contributed by atoms with Crippen LogP contribution in [0.15, 0.2) is 12.3 Å². The van der Waals surface area contributed by atoms with E-state index >= 15 is 0 Å². The molecule has 1 aliphatic carbocycles. The second-order valence-corrected chi connectivity index (χ2v) is 7.40. The molecule has 3 rings (SSSR count). The smallest absolute Gasteiger partial charge is 0.168 e. The third kappa shape index (κ3) is 2.40. The van der Waals surface area contributed by atoms with Crippen molar-refractivity contribution >= 4 is 17.4 Å². The molecule has 1 atom stereocenters. The van der Waals surface area contributed by atoms with E-state index in [2.05, 4.69) is 29.8 Å². The van der Waals surface area contributed by atoms with Crippen molar-refractivity contribution in [2.75, 3.05) is 25.7 Å². The molecule has 1 spiro atoms. The number of aromatic nitrogens is 1. The molecular formula is C17H22ClN3O2. The number of ether oxygens (including phenoxy) is 2. The summed E-state index contributed by atoms with van der Waals surface area (Å²) in [4.78, 5) is 6.67. The van der Waals surface area contributed by atoms with E-state index in [1.165, 1.54) is 0 Å². The summed E-state index contributed by atoms with van der Waals surface area (Å²) in [5, 5.41) is 9.49. The van der Waals surface area contributed by atoms with Crippen molar-refractivity contribution in [1.29, 1.82) is 5.26 Å². The molecular weight excluding hydrogens is 314 g/mol. The Labute approximate surface area is 142 Å². The Balaban J connectivity index is 1.83. The third-order valence-electron chi connectivity index (χ3n) is 5.29. The highest BCUT2D eigenvalue weighted by Crippen LogP contribution is 2.62. The van der Waals surface area contributed by atoms with Gasteiger partial charge in [0, 0.05) is 51.3 Å². The number of hydrogen-bond donors (Lipinski definition) is 0. The second kappa shape index (κ2) is 5.62. The number of nitriles is 1. The Bertz CT molecular complexity index is 644. The summed E-state index contributed by atoms with van der Waals surface area (Å²) in [5.74, 6) is 0.785. The Hall–Kier alpha value is -1.35. The molecule has 2 fully saturated rings. The van der Waals surface area contributed by atoms with E-state index in [4.69, 9.17) is 26.3 Å². The lowest BCUT2D eigenvalue weighted by Gasteiger charge is -2.68. The number of halogens is 1. The van der Waals surface area contributed by atoms with Crippen molar-refractivity contribution in [1.82, 2.24) is 4.98 Å². The summed E-state index contributed by atoms with van der Waals surface area (Å²) in [7, 11) is 3.41. The van der Waals surface area contributed by atoms with Crippen LogP contribution in [0, 0.1) is 22.7 Å². The normalized spacial score (nSPS) is 24.2. The lowest BCUT2D eigenvalue weighted by molar-refractivity contribution is -0.311. The van der Waals surface area contributed by atoms with Crippen molar-refractivity contribution < 1.29 is 9.47 Å². The van der Waals surface area contributed by atoms with Gasteiger partial charge in [-0.15, -0.1) is 0 Å². The zero-order valence-corrected chi connectivity index (χ0v) is 14.7. The summed E-state index contributed by atoms with van der Waals surface area (Å²) in [6.07, 6.45) is 3.36. The molecule has 5 nitrogen and oxygen atoms in total. The fraction of sp³-hybridized carbons (Fsp3) is 0.647. The van der Waals surface area contributed by atoms with Gasteiger partial charge in [-0.25, -0.2) is 4.98 Å². The summed E-state index contributed by atoms with van der Waals surface area (Å²) in [5.41, 5.74) is 0.676. The van der Waals surface area contributed by atoms with Crippen molar-refractivity contribution in [3.05, 3.63) is 22.8 Å². The van der Waals surface area contributed by atoms with Gasteiger partial charge in [0.25, 0.3) is 0 Å². The number of pyridine rings is 1. The quantitative estimate of drug-likeness (QED) is 0.791. The summed E-state index contributed by atoms with van der Waals surface area (Å²) in [6, 6.07) is 4.10. The van der Waals surface area contributed by atoms with Crippen LogP contribution in [0.5, 0.6) is 0 Å². The van der Waals surface area contributed by atoms with Crippen LogP contribution < -0.4 is 4.90 Å². The van der Waals surface area contributed by atoms with E-state index in [-0.39, 0.29) is 5.41 Å². The van der Waals surface area contributed by atoms with Gasteiger partial charge < -0.3 is 14.4 Å². The largest absolute Gasteiger partial charge is 0.353 e. The van der Waals surface area contributed by atoms with Crippen LogP contribution in [0.2, 0.25) is 5.02 Å². The van der Waals surface area contributed by atoms with E-state index in [1.807, 2.05) is 0 Å². The van der Waals surface area contributed by atoms with E-state index in [1.54, 1.807) is 26.5 Å². The van der Waals surface area contributed by atoms with Crippen LogP contribution in [-0.4, -0.2) is 37.6 Å². The van der Waals surface area contributed by atoms with Crippen molar-refractivity contribution in [2.24, 2.45) is 11.3 Å². The molecule has 0 amide bonds. The highest BCUT2D eigenvalue weighted by molar-refractivity contribution is 6.33. The zero-order chi connectivity index (χ0) is 16.8. The van der Waals surface area contributed by atoms with Gasteiger partial charge in [0.1, 0.15) is 11.9 Å². The minimum absolute atomic E-state index is 0.194. The molecule has 1 saturated carbocycles. The maximum absolute atomic E-state index is 8.96. The van der Waals surface area contributed by atoms with Crippen molar-refractivity contribution in [3.63, 3.8) is 0 Å². The molecule has 23 heavy (non-hydrogen) atoms. The van der Waals surface area contributed by atoms with E-state index in [0.717, 1.165) is 25.2 Å². The monoisotopic (exact) mass is 335 g/mol. The zero-order valence-electron chi connectivity index (χ0n) is 14.0. The average molecular weight is 336 g/mol. The number of nitrogens with zero attached hydrogens (tertiary/aromatic N) is 3. The first-order chi connectivity index (χ1) is 10.9. The van der Waals surface area contributed by atoms with Crippen LogP contribution in [-0.2, 0) is 9.47 Å². The van der Waals surface area contributed by atoms with Gasteiger partial charge >= 0.3 is 0 Å². The minimum Gasteiger partial charge on any atom is -0.353 e. The fourth-order valence-electron chi connectivity index (χ4n) is 4.44. The van der Waals surface area contributed by atoms with E-state index in [0.29, 0.717) is 22.5 Å². The summed E-state index contributed by atoms with van der Waals surface area (Å²) >= 11 is 6.35. The van der Waals surface area contributed by atoms with Gasteiger partial charge in [0.15, 0.2) is 5.79 Å². The molecule has 1 aromatic rings. The molecule has 0 bridgehead atoms. The van der Waals surface area contributed by atoms with Gasteiger partial charge in [-0.05, 0) is 12.0 Å². The maximum atomic E-state index is 8.96. The number of methoxy groups -OCH3 is 2. The molecule has 0 unspecified atom stereocenters. The van der Waals surface area contributed by atoms with Gasteiger partial charge in [-0.3, -0.25) is 0 Å². The summed E-state index contributed by atoms with van der Waals surface area (Å²) < 4.78 is 11.1. The first-order valence-corrected chi connectivity index (χ1v) is 8.21. The van der Waals surface area contributed by atoms with Crippen LogP contribution in [0.25, 0.3) is 0 Å². The Morgan fingerprint density at radius 3 is 2.52 bits per heavy atom. The number of rotatable bonds is 4. The van der Waals surface area contributed by atoms with Gasteiger partial charge in [0.05, 0.1) is 10.6 Å². The molecule has 124 valence electrons. The highest BCUT2D eigenvalue weighted by atomic mass is 35.5. The minimum atomic E-state index is -0.443. The number of hydrogen-bond acceptors (Lipinski definition) is 5. The van der Waals surface area contributed by atoms with Crippen LogP contribution >= 0.6 is 11.6 Å². The lowest BCUT2D eigenvalue weighted by atomic mass is 9.52. The molecule has 0 radical (unpaired) electrons. The standard InChI is InChI=1S/C17H22ClN3O2/c1-11(2)14-16(8-17(9-16,22-3)23-4)10-21(14)15-13(18)5-12(6-19)7-20-15/h5,7,11,14H,8-10H2,1-4H3/t14-/m0/s1. The average Bonchev–Trinajstić information content (AvgIpc) is 2.46. The van der Waals surface area contributed by atoms with Crippen LogP contribution in [0.4, 0.5) is 5.82 Å². The molecule has 1 aromatic heterocycles. The van der Waals surface area contributed by atoms with Crippen LogP contribution in [0.3, 0.4) is 0 Å². The van der Waals surface area contributed by atoms with Crippen molar-refractivity contribution in [3.8, 4) is 6.07 Å². The van der Waals surface area contributed by atoms with E-state index in [9.17, 15) is 0 Å². The van der Waals surface area contributed by atoms with Crippen LogP contribution in [0.1, 0.15) is 32.3 Å². The topological polar surface area (TPSA) is 58.4 Å². The molecule has 6 heteroatoms. The molecule has 0 N–H and O–H groups in total. The molecule has 0 aromatic carbocycles.